The number of nitriles is 1. The van der Waals surface area contributed by atoms with Crippen LogP contribution in [0.1, 0.15) is 18.4 Å². The lowest BCUT2D eigenvalue weighted by molar-refractivity contribution is 0.308. The molecule has 0 radical (unpaired) electrons. The van der Waals surface area contributed by atoms with Gasteiger partial charge in [0.2, 0.25) is 0 Å². The molecule has 0 bridgehead atoms. The van der Waals surface area contributed by atoms with Crippen molar-refractivity contribution in [3.05, 3.63) is 23.8 Å². The number of benzene rings is 1. The van der Waals surface area contributed by atoms with Gasteiger partial charge in [0.1, 0.15) is 11.5 Å². The predicted octanol–water partition coefficient (Wildman–Crippen LogP) is 2.38. The first-order chi connectivity index (χ1) is 6.75. The highest BCUT2D eigenvalue weighted by atomic mass is 16.5. The average Bonchev–Trinajstić information content (AvgIpc) is 2.19. The molecule has 0 spiro atoms. The van der Waals surface area contributed by atoms with Crippen LogP contribution in [0.4, 0.5) is 0 Å². The van der Waals surface area contributed by atoms with E-state index in [9.17, 15) is 5.11 Å². The Balaban J connectivity index is 2.51. The summed E-state index contributed by atoms with van der Waals surface area (Å²) in [5.74, 6) is 0.922. The predicted molar refractivity (Wildman–Crippen MR) is 53.2 cm³/mol. The molecule has 0 heterocycles. The summed E-state index contributed by atoms with van der Waals surface area (Å²) >= 11 is 0. The zero-order chi connectivity index (χ0) is 10.4. The largest absolute Gasteiger partial charge is 0.508 e. The topological polar surface area (TPSA) is 53.2 Å². The highest BCUT2D eigenvalue weighted by Crippen LogP contribution is 2.25. The van der Waals surface area contributed by atoms with Crippen LogP contribution in [0.5, 0.6) is 11.5 Å². The van der Waals surface area contributed by atoms with Crippen LogP contribution in [0.15, 0.2) is 18.2 Å². The molecular formula is C11H13NO2. The standard InChI is InChI=1S/C11H13NO2/c1-9-10(13)5-4-6-11(9)14-8-3-2-7-12/h4-6,13H,2-3,8H2,1H3. The van der Waals surface area contributed by atoms with Crippen molar-refractivity contribution in [1.82, 2.24) is 0 Å². The zero-order valence-electron chi connectivity index (χ0n) is 8.16. The van der Waals surface area contributed by atoms with E-state index in [1.54, 1.807) is 25.1 Å². The molecule has 0 aliphatic rings. The quantitative estimate of drug-likeness (QED) is 0.743. The molecule has 14 heavy (non-hydrogen) atoms. The van der Waals surface area contributed by atoms with Gasteiger partial charge in [-0.2, -0.15) is 5.26 Å². The van der Waals surface area contributed by atoms with Gasteiger partial charge in [0.15, 0.2) is 0 Å². The Morgan fingerprint density at radius 3 is 3.00 bits per heavy atom. The van der Waals surface area contributed by atoms with Crippen molar-refractivity contribution >= 4 is 0 Å². The van der Waals surface area contributed by atoms with E-state index in [0.29, 0.717) is 25.2 Å². The summed E-state index contributed by atoms with van der Waals surface area (Å²) in [5, 5.41) is 17.7. The molecule has 0 aromatic heterocycles. The van der Waals surface area contributed by atoms with Crippen LogP contribution in [0.3, 0.4) is 0 Å². The lowest BCUT2D eigenvalue weighted by Crippen LogP contribution is -1.98. The minimum atomic E-state index is 0.239. The number of rotatable bonds is 4. The summed E-state index contributed by atoms with van der Waals surface area (Å²) in [4.78, 5) is 0. The summed E-state index contributed by atoms with van der Waals surface area (Å²) in [6.07, 6.45) is 1.21. The Hall–Kier alpha value is -1.69. The van der Waals surface area contributed by atoms with Crippen LogP contribution >= 0.6 is 0 Å². The first-order valence-electron chi connectivity index (χ1n) is 4.54. The monoisotopic (exact) mass is 191 g/mol. The van der Waals surface area contributed by atoms with Gasteiger partial charge in [-0.05, 0) is 25.5 Å². The highest BCUT2D eigenvalue weighted by Gasteiger charge is 2.02. The first kappa shape index (κ1) is 10.4. The summed E-state index contributed by atoms with van der Waals surface area (Å²) in [7, 11) is 0. The van der Waals surface area contributed by atoms with Crippen molar-refractivity contribution in [2.24, 2.45) is 0 Å². The van der Waals surface area contributed by atoms with Crippen LogP contribution in [0.25, 0.3) is 0 Å². The van der Waals surface area contributed by atoms with Crippen molar-refractivity contribution in [1.29, 1.82) is 5.26 Å². The molecule has 0 amide bonds. The van der Waals surface area contributed by atoms with E-state index in [1.807, 2.05) is 0 Å². The van der Waals surface area contributed by atoms with Gasteiger partial charge in [0.25, 0.3) is 0 Å². The molecule has 0 saturated carbocycles. The van der Waals surface area contributed by atoms with E-state index >= 15 is 0 Å². The maximum atomic E-state index is 9.37. The third kappa shape index (κ3) is 2.67. The van der Waals surface area contributed by atoms with Gasteiger partial charge < -0.3 is 9.84 Å². The summed E-state index contributed by atoms with van der Waals surface area (Å²) in [6.45, 7) is 2.31. The zero-order valence-corrected chi connectivity index (χ0v) is 8.16. The Labute approximate surface area is 83.6 Å². The molecular weight excluding hydrogens is 178 g/mol. The van der Waals surface area contributed by atoms with Gasteiger partial charge in [0, 0.05) is 12.0 Å². The number of phenols is 1. The second-order valence-corrected chi connectivity index (χ2v) is 3.01. The number of hydrogen-bond donors (Lipinski definition) is 1. The van der Waals surface area contributed by atoms with Crippen LogP contribution in [-0.4, -0.2) is 11.7 Å². The van der Waals surface area contributed by atoms with E-state index in [2.05, 4.69) is 6.07 Å². The van der Waals surface area contributed by atoms with Crippen molar-refractivity contribution in [2.45, 2.75) is 19.8 Å². The van der Waals surface area contributed by atoms with E-state index < -0.39 is 0 Å². The van der Waals surface area contributed by atoms with Crippen molar-refractivity contribution in [3.8, 4) is 17.6 Å². The van der Waals surface area contributed by atoms with Crippen LogP contribution in [0.2, 0.25) is 0 Å². The van der Waals surface area contributed by atoms with Crippen LogP contribution in [-0.2, 0) is 0 Å². The Morgan fingerprint density at radius 1 is 1.50 bits per heavy atom. The number of phenolic OH excluding ortho intramolecular Hbond substituents is 1. The minimum Gasteiger partial charge on any atom is -0.508 e. The number of aromatic hydroxyl groups is 1. The van der Waals surface area contributed by atoms with E-state index in [1.165, 1.54) is 0 Å². The molecule has 1 rings (SSSR count). The third-order valence-electron chi connectivity index (χ3n) is 1.95. The van der Waals surface area contributed by atoms with Crippen molar-refractivity contribution < 1.29 is 9.84 Å². The van der Waals surface area contributed by atoms with E-state index in [-0.39, 0.29) is 5.75 Å². The third-order valence-corrected chi connectivity index (χ3v) is 1.95. The fraction of sp³-hybridized carbons (Fsp3) is 0.364. The summed E-state index contributed by atoms with van der Waals surface area (Å²) in [6, 6.07) is 7.22. The van der Waals surface area contributed by atoms with Gasteiger partial charge in [0.05, 0.1) is 12.7 Å². The molecule has 1 aromatic carbocycles. The maximum Gasteiger partial charge on any atom is 0.125 e. The van der Waals surface area contributed by atoms with E-state index in [0.717, 1.165) is 5.56 Å². The molecule has 0 fully saturated rings. The Bertz CT molecular complexity index is 342. The summed E-state index contributed by atoms with van der Waals surface area (Å²) in [5.41, 5.74) is 0.740. The Kier molecular flexibility index (Phi) is 3.81. The molecule has 3 nitrogen and oxygen atoms in total. The lowest BCUT2D eigenvalue weighted by Gasteiger charge is -2.08. The number of nitrogens with zero attached hydrogens (tertiary/aromatic N) is 1. The SMILES string of the molecule is Cc1c(O)cccc1OCCCC#N. The molecule has 1 N–H and O–H groups in total. The Morgan fingerprint density at radius 2 is 2.29 bits per heavy atom. The molecule has 1 aromatic rings. The fourth-order valence-corrected chi connectivity index (χ4v) is 1.09. The number of ether oxygens (including phenoxy) is 1. The number of unbranched alkanes of at least 4 members (excludes halogenated alkanes) is 1. The van der Waals surface area contributed by atoms with Crippen molar-refractivity contribution in [2.75, 3.05) is 6.61 Å². The van der Waals surface area contributed by atoms with Gasteiger partial charge in [-0.15, -0.1) is 0 Å². The molecule has 0 saturated heterocycles. The molecule has 3 heteroatoms. The van der Waals surface area contributed by atoms with Gasteiger partial charge in [-0.25, -0.2) is 0 Å². The minimum absolute atomic E-state index is 0.239. The average molecular weight is 191 g/mol. The molecule has 74 valence electrons. The highest BCUT2D eigenvalue weighted by molar-refractivity contribution is 5.42. The molecule has 0 aliphatic heterocycles. The molecule has 0 unspecified atom stereocenters. The first-order valence-corrected chi connectivity index (χ1v) is 4.54. The smallest absolute Gasteiger partial charge is 0.125 e. The normalized spacial score (nSPS) is 9.43. The van der Waals surface area contributed by atoms with Crippen LogP contribution in [0, 0.1) is 18.3 Å². The maximum absolute atomic E-state index is 9.37. The lowest BCUT2D eigenvalue weighted by atomic mass is 10.2. The van der Waals surface area contributed by atoms with Crippen molar-refractivity contribution in [3.63, 3.8) is 0 Å². The molecule has 0 aliphatic carbocycles. The van der Waals surface area contributed by atoms with Gasteiger partial charge >= 0.3 is 0 Å². The second kappa shape index (κ2) is 5.13. The number of hydrogen-bond acceptors (Lipinski definition) is 3. The van der Waals surface area contributed by atoms with E-state index in [4.69, 9.17) is 10.00 Å². The fourth-order valence-electron chi connectivity index (χ4n) is 1.09. The van der Waals surface area contributed by atoms with Gasteiger partial charge in [-0.1, -0.05) is 6.07 Å². The van der Waals surface area contributed by atoms with Gasteiger partial charge in [-0.3, -0.25) is 0 Å². The second-order valence-electron chi connectivity index (χ2n) is 3.01. The van der Waals surface area contributed by atoms with Crippen LogP contribution < -0.4 is 4.74 Å². The molecule has 0 atom stereocenters. The summed E-state index contributed by atoms with van der Waals surface area (Å²) < 4.78 is 5.41.